The molecule has 0 bridgehead atoms. The second kappa shape index (κ2) is 8.94. The number of pyridine rings is 1. The lowest BCUT2D eigenvalue weighted by Crippen LogP contribution is -2.31. The maximum Gasteiger partial charge on any atom is 0.265 e. The van der Waals surface area contributed by atoms with Crippen LogP contribution in [0.25, 0.3) is 20.9 Å². The van der Waals surface area contributed by atoms with Crippen molar-refractivity contribution in [2.75, 3.05) is 5.32 Å². The molecule has 1 atom stereocenters. The van der Waals surface area contributed by atoms with Crippen molar-refractivity contribution in [2.45, 2.75) is 53.1 Å². The lowest BCUT2D eigenvalue weighted by atomic mass is 9.85. The van der Waals surface area contributed by atoms with Crippen molar-refractivity contribution in [1.29, 1.82) is 0 Å². The first kappa shape index (κ1) is 22.9. The largest absolute Gasteiger partial charge is 0.481 e. The van der Waals surface area contributed by atoms with Crippen LogP contribution in [0.4, 0.5) is 5.69 Å². The molecule has 2 aromatic heterocycles. The Morgan fingerprint density at radius 3 is 2.61 bits per heavy atom. The molecule has 1 amide bonds. The van der Waals surface area contributed by atoms with Gasteiger partial charge in [-0.05, 0) is 61.6 Å². The molecule has 0 fully saturated rings. The predicted molar refractivity (Wildman–Crippen MR) is 136 cm³/mol. The molecule has 170 valence electrons. The Bertz CT molecular complexity index is 1290. The van der Waals surface area contributed by atoms with E-state index in [1.165, 1.54) is 5.56 Å². The van der Waals surface area contributed by atoms with E-state index in [1.807, 2.05) is 49.4 Å². The van der Waals surface area contributed by atoms with E-state index >= 15 is 0 Å². The Labute approximate surface area is 198 Å². The van der Waals surface area contributed by atoms with Crippen molar-refractivity contribution >= 4 is 33.3 Å². The molecule has 0 spiro atoms. The molecular formula is C27H29N3O2S. The van der Waals surface area contributed by atoms with E-state index in [9.17, 15) is 4.79 Å². The smallest absolute Gasteiger partial charge is 0.265 e. The van der Waals surface area contributed by atoms with Crippen LogP contribution in [-0.2, 0) is 10.2 Å². The average molecular weight is 460 g/mol. The monoisotopic (exact) mass is 459 g/mol. The number of amides is 1. The molecule has 6 heteroatoms. The van der Waals surface area contributed by atoms with Crippen molar-refractivity contribution in [2.24, 2.45) is 0 Å². The third-order valence-electron chi connectivity index (χ3n) is 5.60. The molecule has 4 aromatic rings. The molecular weight excluding hydrogens is 430 g/mol. The zero-order valence-corrected chi connectivity index (χ0v) is 20.7. The van der Waals surface area contributed by atoms with E-state index in [1.54, 1.807) is 24.5 Å². The molecule has 0 aliphatic rings. The summed E-state index contributed by atoms with van der Waals surface area (Å²) in [6, 6.07) is 15.8. The number of rotatable bonds is 5. The zero-order chi connectivity index (χ0) is 23.8. The lowest BCUT2D eigenvalue weighted by molar-refractivity contribution is -0.122. The number of hydrogen-bond acceptors (Lipinski definition) is 5. The summed E-state index contributed by atoms with van der Waals surface area (Å²) >= 11 is 1.55. The first-order valence-electron chi connectivity index (χ1n) is 11.0. The number of aryl methyl sites for hydroxylation is 1. The molecule has 4 rings (SSSR count). The van der Waals surface area contributed by atoms with Gasteiger partial charge in [0.2, 0.25) is 0 Å². The van der Waals surface area contributed by atoms with Gasteiger partial charge in [-0.1, -0.05) is 61.9 Å². The summed E-state index contributed by atoms with van der Waals surface area (Å²) < 4.78 is 6.13. The minimum absolute atomic E-state index is 0.0887. The van der Waals surface area contributed by atoms with E-state index in [-0.39, 0.29) is 11.3 Å². The number of nitrogens with zero attached hydrogens (tertiary/aromatic N) is 2. The Hall–Kier alpha value is -3.25. The third kappa shape index (κ3) is 4.91. The molecule has 33 heavy (non-hydrogen) atoms. The fraction of sp³-hybridized carbons (Fsp3) is 0.296. The summed E-state index contributed by atoms with van der Waals surface area (Å²) in [5, 5.41) is 3.93. The van der Waals surface area contributed by atoms with Gasteiger partial charge in [-0.15, -0.1) is 0 Å². The highest BCUT2D eigenvalue weighted by atomic mass is 32.1. The minimum atomic E-state index is -0.650. The van der Waals surface area contributed by atoms with Crippen LogP contribution in [0, 0.1) is 13.8 Å². The number of carbonyl (C=O) groups excluding carboxylic acids is 1. The molecule has 2 heterocycles. The van der Waals surface area contributed by atoms with Gasteiger partial charge in [0, 0.05) is 17.4 Å². The predicted octanol–water partition coefficient (Wildman–Crippen LogP) is 6.68. The van der Waals surface area contributed by atoms with Crippen LogP contribution >= 0.6 is 11.3 Å². The molecule has 1 N–H and O–H groups in total. The molecule has 0 radical (unpaired) electrons. The van der Waals surface area contributed by atoms with Gasteiger partial charge in [0.15, 0.2) is 6.10 Å². The minimum Gasteiger partial charge on any atom is -0.481 e. The molecule has 0 aliphatic carbocycles. The molecule has 1 unspecified atom stereocenters. The number of hydrogen-bond donors (Lipinski definition) is 1. The van der Waals surface area contributed by atoms with E-state index in [0.29, 0.717) is 0 Å². The number of aromatic nitrogens is 2. The van der Waals surface area contributed by atoms with E-state index in [4.69, 9.17) is 9.72 Å². The highest BCUT2D eigenvalue weighted by molar-refractivity contribution is 7.21. The van der Waals surface area contributed by atoms with Gasteiger partial charge in [-0.2, -0.15) is 0 Å². The van der Waals surface area contributed by atoms with E-state index in [0.717, 1.165) is 43.5 Å². The van der Waals surface area contributed by atoms with Gasteiger partial charge in [-0.25, -0.2) is 9.97 Å². The van der Waals surface area contributed by atoms with Crippen molar-refractivity contribution in [3.63, 3.8) is 0 Å². The maximum absolute atomic E-state index is 13.0. The Morgan fingerprint density at radius 1 is 1.09 bits per heavy atom. The van der Waals surface area contributed by atoms with Crippen molar-refractivity contribution in [3.8, 4) is 16.3 Å². The topological polar surface area (TPSA) is 64.1 Å². The number of nitrogens with one attached hydrogen (secondary N) is 1. The van der Waals surface area contributed by atoms with Crippen LogP contribution in [0.15, 0.2) is 54.7 Å². The second-order valence-corrected chi connectivity index (χ2v) is 10.3. The van der Waals surface area contributed by atoms with Gasteiger partial charge in [0.25, 0.3) is 5.91 Å². The first-order chi connectivity index (χ1) is 15.6. The van der Waals surface area contributed by atoms with Crippen LogP contribution in [0.1, 0.15) is 44.4 Å². The Kier molecular flexibility index (Phi) is 6.21. The summed E-state index contributed by atoms with van der Waals surface area (Å²) in [7, 11) is 0. The first-order valence-corrected chi connectivity index (χ1v) is 11.9. The van der Waals surface area contributed by atoms with E-state index in [2.05, 4.69) is 44.1 Å². The van der Waals surface area contributed by atoms with Crippen LogP contribution in [0.3, 0.4) is 0 Å². The normalized spacial score (nSPS) is 12.5. The third-order valence-corrected chi connectivity index (χ3v) is 6.62. The van der Waals surface area contributed by atoms with Crippen LogP contribution in [0.5, 0.6) is 5.75 Å². The summed E-state index contributed by atoms with van der Waals surface area (Å²) in [6.07, 6.45) is 1.12. The quantitative estimate of drug-likeness (QED) is 0.362. The fourth-order valence-corrected chi connectivity index (χ4v) is 4.69. The van der Waals surface area contributed by atoms with Crippen molar-refractivity contribution < 1.29 is 9.53 Å². The SMILES string of the molecule is Cc1ccc(OC(C)C(=O)Nc2cccc(-c3nc4cccnc4s3)c2C)c(C(C)(C)C)c1. The Balaban J connectivity index is 1.55. The number of benzene rings is 2. The number of thiazole rings is 1. The zero-order valence-electron chi connectivity index (χ0n) is 19.9. The molecule has 0 aliphatic heterocycles. The average Bonchev–Trinajstić information content (AvgIpc) is 3.19. The standard InChI is InChI=1S/C27H29N3O2S/c1-16-12-13-23(20(15-16)27(4,5)6)32-18(3)24(31)29-21-10-7-9-19(17(21)2)25-30-22-11-8-14-28-26(22)33-25/h7-15,18H,1-6H3,(H,29,31). The van der Waals surface area contributed by atoms with Crippen molar-refractivity contribution in [3.05, 3.63) is 71.4 Å². The summed E-state index contributed by atoms with van der Waals surface area (Å²) in [5.41, 5.74) is 5.74. The van der Waals surface area contributed by atoms with Gasteiger partial charge in [-0.3, -0.25) is 4.79 Å². The molecule has 0 saturated heterocycles. The molecule has 5 nitrogen and oxygen atoms in total. The van der Waals surface area contributed by atoms with E-state index < -0.39 is 6.10 Å². The number of fused-ring (bicyclic) bond motifs is 1. The second-order valence-electron chi connectivity index (χ2n) is 9.32. The summed E-state index contributed by atoms with van der Waals surface area (Å²) in [6.45, 7) is 12.3. The highest BCUT2D eigenvalue weighted by Crippen LogP contribution is 2.35. The lowest BCUT2D eigenvalue weighted by Gasteiger charge is -2.25. The maximum atomic E-state index is 13.0. The number of carbonyl (C=O) groups is 1. The Morgan fingerprint density at radius 2 is 1.88 bits per heavy atom. The van der Waals surface area contributed by atoms with Crippen molar-refractivity contribution in [1.82, 2.24) is 9.97 Å². The number of ether oxygens (including phenoxy) is 1. The van der Waals surface area contributed by atoms with Crippen LogP contribution in [-0.4, -0.2) is 22.0 Å². The molecule has 0 saturated carbocycles. The van der Waals surface area contributed by atoms with Gasteiger partial charge in [0.1, 0.15) is 21.1 Å². The number of anilines is 1. The molecule has 2 aromatic carbocycles. The fourth-order valence-electron chi connectivity index (χ4n) is 3.70. The van der Waals surface area contributed by atoms with Crippen LogP contribution in [0.2, 0.25) is 0 Å². The summed E-state index contributed by atoms with van der Waals surface area (Å²) in [4.78, 5) is 23.0. The summed E-state index contributed by atoms with van der Waals surface area (Å²) in [5.74, 6) is 0.546. The van der Waals surface area contributed by atoms with Gasteiger partial charge < -0.3 is 10.1 Å². The van der Waals surface area contributed by atoms with Gasteiger partial charge >= 0.3 is 0 Å². The van der Waals surface area contributed by atoms with Crippen LogP contribution < -0.4 is 10.1 Å². The highest BCUT2D eigenvalue weighted by Gasteiger charge is 2.23. The van der Waals surface area contributed by atoms with Gasteiger partial charge in [0.05, 0.1) is 0 Å².